The van der Waals surface area contributed by atoms with Crippen LogP contribution in [-0.2, 0) is 6.54 Å². The van der Waals surface area contributed by atoms with Crippen molar-refractivity contribution in [3.8, 4) is 11.5 Å². The average molecular weight is 373 g/mol. The first-order valence-electron chi connectivity index (χ1n) is 6.72. The topological polar surface area (TPSA) is 21.3 Å². The van der Waals surface area contributed by atoms with Crippen molar-refractivity contribution < 1.29 is 9.13 Å². The summed E-state index contributed by atoms with van der Waals surface area (Å²) >= 11 is 9.49. The van der Waals surface area contributed by atoms with Crippen LogP contribution in [0.2, 0.25) is 5.02 Å². The summed E-state index contributed by atoms with van der Waals surface area (Å²) in [6.07, 6.45) is 1.04. The molecule has 5 heteroatoms. The molecule has 2 aromatic rings. The molecule has 0 aromatic heterocycles. The Balaban J connectivity index is 2.24. The second-order valence-electron chi connectivity index (χ2n) is 4.60. The second-order valence-corrected chi connectivity index (χ2v) is 5.92. The van der Waals surface area contributed by atoms with Gasteiger partial charge in [0.05, 0.1) is 0 Å². The quantitative estimate of drug-likeness (QED) is 0.673. The molecule has 0 atom stereocenters. The van der Waals surface area contributed by atoms with E-state index in [0.717, 1.165) is 18.5 Å². The molecule has 0 amide bonds. The highest BCUT2D eigenvalue weighted by Crippen LogP contribution is 2.32. The summed E-state index contributed by atoms with van der Waals surface area (Å²) in [5.41, 5.74) is 0.869. The molecule has 2 aromatic carbocycles. The maximum atomic E-state index is 13.4. The van der Waals surface area contributed by atoms with Crippen molar-refractivity contribution in [2.24, 2.45) is 0 Å². The lowest BCUT2D eigenvalue weighted by molar-refractivity contribution is 0.467. The molecular formula is C16H16BrClFNO. The predicted octanol–water partition coefficient (Wildman–Crippen LogP) is 5.53. The molecule has 0 saturated heterocycles. The molecule has 0 aliphatic rings. The molecule has 0 fully saturated rings. The first-order valence-corrected chi connectivity index (χ1v) is 7.89. The summed E-state index contributed by atoms with van der Waals surface area (Å²) in [7, 11) is 0. The minimum atomic E-state index is -0.355. The third-order valence-electron chi connectivity index (χ3n) is 2.87. The van der Waals surface area contributed by atoms with Gasteiger partial charge in [-0.3, -0.25) is 0 Å². The molecule has 0 aliphatic carbocycles. The van der Waals surface area contributed by atoms with E-state index in [1.807, 2.05) is 18.2 Å². The fourth-order valence-electron chi connectivity index (χ4n) is 1.91. The summed E-state index contributed by atoms with van der Waals surface area (Å²) in [5, 5.41) is 3.92. The lowest BCUT2D eigenvalue weighted by Crippen LogP contribution is -2.14. The Hall–Kier alpha value is -1.10. The fraction of sp³-hybridized carbons (Fsp3) is 0.250. The van der Waals surface area contributed by atoms with Crippen LogP contribution in [0.5, 0.6) is 11.5 Å². The Bertz CT molecular complexity index is 601. The van der Waals surface area contributed by atoms with Gasteiger partial charge >= 0.3 is 0 Å². The summed E-state index contributed by atoms with van der Waals surface area (Å²) in [6.45, 7) is 3.61. The highest BCUT2D eigenvalue weighted by molar-refractivity contribution is 9.10. The maximum Gasteiger partial charge on any atom is 0.133 e. The van der Waals surface area contributed by atoms with Crippen LogP contribution in [0.25, 0.3) is 0 Å². The molecule has 2 rings (SSSR count). The minimum absolute atomic E-state index is 0.355. The Labute approximate surface area is 137 Å². The third kappa shape index (κ3) is 4.70. The van der Waals surface area contributed by atoms with Crippen LogP contribution in [0.15, 0.2) is 40.9 Å². The third-order valence-corrected chi connectivity index (χ3v) is 3.68. The van der Waals surface area contributed by atoms with E-state index >= 15 is 0 Å². The van der Waals surface area contributed by atoms with Crippen LogP contribution in [0.4, 0.5) is 4.39 Å². The molecule has 2 nitrogen and oxygen atoms in total. The Kier molecular flexibility index (Phi) is 6.03. The Morgan fingerprint density at radius 2 is 2.10 bits per heavy atom. The molecule has 21 heavy (non-hydrogen) atoms. The molecule has 0 bridgehead atoms. The van der Waals surface area contributed by atoms with Crippen LogP contribution in [0, 0.1) is 5.82 Å². The molecule has 0 unspecified atom stereocenters. The van der Waals surface area contributed by atoms with Gasteiger partial charge in [-0.2, -0.15) is 0 Å². The first kappa shape index (κ1) is 16.3. The van der Waals surface area contributed by atoms with Gasteiger partial charge < -0.3 is 10.1 Å². The molecular weight excluding hydrogens is 357 g/mol. The van der Waals surface area contributed by atoms with Crippen LogP contribution in [-0.4, -0.2) is 6.54 Å². The summed E-state index contributed by atoms with van der Waals surface area (Å²) in [6, 6.07) is 9.90. The second kappa shape index (κ2) is 7.78. The van der Waals surface area contributed by atoms with Crippen molar-refractivity contribution in [3.05, 3.63) is 57.3 Å². The summed E-state index contributed by atoms with van der Waals surface area (Å²) in [4.78, 5) is 0. The predicted molar refractivity (Wildman–Crippen MR) is 87.6 cm³/mol. The van der Waals surface area contributed by atoms with Gasteiger partial charge in [-0.15, -0.1) is 0 Å². The lowest BCUT2D eigenvalue weighted by Gasteiger charge is -2.13. The van der Waals surface area contributed by atoms with E-state index in [9.17, 15) is 4.39 Å². The summed E-state index contributed by atoms with van der Waals surface area (Å²) < 4.78 is 19.8. The normalized spacial score (nSPS) is 10.7. The largest absolute Gasteiger partial charge is 0.457 e. The minimum Gasteiger partial charge on any atom is -0.457 e. The zero-order chi connectivity index (χ0) is 15.2. The van der Waals surface area contributed by atoms with E-state index in [4.69, 9.17) is 16.3 Å². The number of halogens is 3. The van der Waals surface area contributed by atoms with Gasteiger partial charge in [0.15, 0.2) is 0 Å². The molecule has 0 radical (unpaired) electrons. The van der Waals surface area contributed by atoms with E-state index in [1.165, 1.54) is 12.1 Å². The van der Waals surface area contributed by atoms with Gasteiger partial charge in [0.1, 0.15) is 17.3 Å². The molecule has 1 N–H and O–H groups in total. The van der Waals surface area contributed by atoms with Gasteiger partial charge in [-0.05, 0) is 37.2 Å². The van der Waals surface area contributed by atoms with Crippen molar-refractivity contribution in [2.75, 3.05) is 6.54 Å². The van der Waals surface area contributed by atoms with Gasteiger partial charge in [0.25, 0.3) is 0 Å². The highest BCUT2D eigenvalue weighted by Gasteiger charge is 2.10. The molecule has 112 valence electrons. The van der Waals surface area contributed by atoms with E-state index in [2.05, 4.69) is 28.2 Å². The van der Waals surface area contributed by atoms with Crippen LogP contribution >= 0.6 is 27.5 Å². The highest BCUT2D eigenvalue weighted by atomic mass is 79.9. The number of nitrogens with one attached hydrogen (secondary N) is 1. The van der Waals surface area contributed by atoms with Crippen LogP contribution in [0.3, 0.4) is 0 Å². The number of benzene rings is 2. The van der Waals surface area contributed by atoms with Crippen LogP contribution < -0.4 is 10.1 Å². The van der Waals surface area contributed by atoms with Crippen molar-refractivity contribution in [1.29, 1.82) is 0 Å². The van der Waals surface area contributed by atoms with E-state index in [-0.39, 0.29) is 5.82 Å². The van der Waals surface area contributed by atoms with Gasteiger partial charge in [0.2, 0.25) is 0 Å². The molecule has 0 saturated carbocycles. The van der Waals surface area contributed by atoms with Crippen molar-refractivity contribution >= 4 is 27.5 Å². The zero-order valence-electron chi connectivity index (χ0n) is 11.6. The number of hydrogen-bond donors (Lipinski definition) is 1. The Morgan fingerprint density at radius 1 is 1.29 bits per heavy atom. The standard InChI is InChI=1S/C16H16BrClFNO/c1-2-6-20-10-14-15(18)4-3-5-16(14)21-13-8-11(17)7-12(19)9-13/h3-5,7-9,20H,2,6,10H2,1H3. The van der Waals surface area contributed by atoms with Crippen LogP contribution in [0.1, 0.15) is 18.9 Å². The maximum absolute atomic E-state index is 13.4. The SMILES string of the molecule is CCCNCc1c(Cl)cccc1Oc1cc(F)cc(Br)c1. The smallest absolute Gasteiger partial charge is 0.133 e. The lowest BCUT2D eigenvalue weighted by atomic mass is 10.2. The zero-order valence-corrected chi connectivity index (χ0v) is 14.0. The number of rotatable bonds is 6. The molecule has 0 spiro atoms. The fourth-order valence-corrected chi connectivity index (χ4v) is 2.59. The van der Waals surface area contributed by atoms with Gasteiger partial charge in [-0.25, -0.2) is 4.39 Å². The average Bonchev–Trinajstić information content (AvgIpc) is 2.41. The number of ether oxygens (including phenoxy) is 1. The monoisotopic (exact) mass is 371 g/mol. The van der Waals surface area contributed by atoms with Crippen molar-refractivity contribution in [1.82, 2.24) is 5.32 Å². The number of hydrogen-bond acceptors (Lipinski definition) is 2. The van der Waals surface area contributed by atoms with E-state index < -0.39 is 0 Å². The van der Waals surface area contributed by atoms with Gasteiger partial charge in [-0.1, -0.05) is 40.5 Å². The first-order chi connectivity index (χ1) is 10.1. The van der Waals surface area contributed by atoms with Gasteiger partial charge in [0, 0.05) is 27.7 Å². The van der Waals surface area contributed by atoms with Crippen molar-refractivity contribution in [3.63, 3.8) is 0 Å². The molecule has 0 aliphatic heterocycles. The summed E-state index contributed by atoms with van der Waals surface area (Å²) in [5.74, 6) is 0.705. The molecule has 0 heterocycles. The van der Waals surface area contributed by atoms with E-state index in [0.29, 0.717) is 27.5 Å². The Morgan fingerprint density at radius 3 is 2.81 bits per heavy atom. The van der Waals surface area contributed by atoms with E-state index in [1.54, 1.807) is 6.07 Å². The van der Waals surface area contributed by atoms with Crippen molar-refractivity contribution in [2.45, 2.75) is 19.9 Å².